The van der Waals surface area contributed by atoms with E-state index in [1.54, 1.807) is 26.8 Å². The Hall–Kier alpha value is -1.34. The first-order chi connectivity index (χ1) is 8.24. The summed E-state index contributed by atoms with van der Waals surface area (Å²) in [5, 5.41) is 3.69. The van der Waals surface area contributed by atoms with Crippen molar-refractivity contribution in [3.8, 4) is 0 Å². The second-order valence-electron chi connectivity index (χ2n) is 4.69. The molecule has 1 rings (SSSR count). The van der Waals surface area contributed by atoms with Crippen molar-refractivity contribution in [2.45, 2.75) is 31.3 Å². The number of carbonyl (C=O) groups excluding carboxylic acids is 2. The van der Waals surface area contributed by atoms with Gasteiger partial charge in [0.05, 0.1) is 11.3 Å². The number of aldehydes is 1. The number of dihydropyridines is 1. The Labute approximate surface area is 114 Å². The lowest BCUT2D eigenvalue weighted by molar-refractivity contribution is -0.104. The summed E-state index contributed by atoms with van der Waals surface area (Å²) in [5.74, 6) is 5.67. The second kappa shape index (κ2) is 5.53. The van der Waals surface area contributed by atoms with Gasteiger partial charge in [0.25, 0.3) is 0 Å². The van der Waals surface area contributed by atoms with Gasteiger partial charge >= 0.3 is 6.09 Å². The Morgan fingerprint density at radius 1 is 1.61 bits per heavy atom. The number of amides is 1. The topological polar surface area (TPSA) is 84.7 Å². The molecule has 0 fully saturated rings. The minimum atomic E-state index is -0.719. The summed E-state index contributed by atoms with van der Waals surface area (Å²) in [7, 11) is 0. The fraction of sp³-hybridized carbons (Fsp3) is 0.455. The normalized spacial score (nSPS) is 19.3. The van der Waals surface area contributed by atoms with Crippen LogP contribution in [0.25, 0.3) is 0 Å². The standard InChI is InChI=1S/C11H16BrN3O3/c1-11(2,3)18-10(17)15(13)8-4-9(12)14-5-7(8)6-16/h4-6,9,14H,13H2,1-3H3. The summed E-state index contributed by atoms with van der Waals surface area (Å²) < 4.78 is 5.12. The van der Waals surface area contributed by atoms with Crippen LogP contribution < -0.4 is 11.2 Å². The van der Waals surface area contributed by atoms with Crippen LogP contribution in [0.4, 0.5) is 4.79 Å². The van der Waals surface area contributed by atoms with E-state index >= 15 is 0 Å². The number of hydrogen-bond acceptors (Lipinski definition) is 5. The Morgan fingerprint density at radius 2 is 2.22 bits per heavy atom. The molecule has 1 atom stereocenters. The number of carbonyl (C=O) groups is 2. The van der Waals surface area contributed by atoms with Crippen molar-refractivity contribution in [3.05, 3.63) is 23.5 Å². The quantitative estimate of drug-likeness (QED) is 0.201. The van der Waals surface area contributed by atoms with Gasteiger partial charge in [-0.05, 0) is 26.8 Å². The molecule has 1 aliphatic heterocycles. The fourth-order valence-corrected chi connectivity index (χ4v) is 1.63. The number of nitrogens with two attached hydrogens (primary N) is 1. The molecular formula is C11H16BrN3O3. The molecule has 6 nitrogen and oxygen atoms in total. The van der Waals surface area contributed by atoms with E-state index in [0.717, 1.165) is 5.01 Å². The molecule has 1 unspecified atom stereocenters. The lowest BCUT2D eigenvalue weighted by Crippen LogP contribution is -2.43. The summed E-state index contributed by atoms with van der Waals surface area (Å²) in [4.78, 5) is 22.5. The smallest absolute Gasteiger partial charge is 0.429 e. The van der Waals surface area contributed by atoms with Crippen molar-refractivity contribution < 1.29 is 14.3 Å². The van der Waals surface area contributed by atoms with Crippen LogP contribution in [0.2, 0.25) is 0 Å². The average Bonchev–Trinajstić information content (AvgIpc) is 2.25. The first-order valence-electron chi connectivity index (χ1n) is 5.30. The molecule has 1 amide bonds. The Morgan fingerprint density at radius 3 is 2.72 bits per heavy atom. The van der Waals surface area contributed by atoms with E-state index in [1.165, 1.54) is 6.20 Å². The maximum absolute atomic E-state index is 11.8. The fourth-order valence-electron chi connectivity index (χ4n) is 1.25. The zero-order valence-electron chi connectivity index (χ0n) is 10.4. The molecular weight excluding hydrogens is 302 g/mol. The predicted molar refractivity (Wildman–Crippen MR) is 70.3 cm³/mol. The molecule has 0 radical (unpaired) electrons. The number of nitrogens with one attached hydrogen (secondary N) is 1. The van der Waals surface area contributed by atoms with Gasteiger partial charge in [0.1, 0.15) is 10.6 Å². The number of nitrogens with zero attached hydrogens (tertiary/aromatic N) is 1. The van der Waals surface area contributed by atoms with Gasteiger partial charge in [-0.2, -0.15) is 0 Å². The molecule has 1 heterocycles. The van der Waals surface area contributed by atoms with Gasteiger partial charge in [-0.3, -0.25) is 4.79 Å². The summed E-state index contributed by atoms with van der Waals surface area (Å²) >= 11 is 3.28. The number of halogens is 1. The van der Waals surface area contributed by atoms with Crippen molar-refractivity contribution in [2.75, 3.05) is 0 Å². The molecule has 100 valence electrons. The van der Waals surface area contributed by atoms with Crippen LogP contribution in [-0.2, 0) is 9.53 Å². The van der Waals surface area contributed by atoms with E-state index in [9.17, 15) is 9.59 Å². The predicted octanol–water partition coefficient (Wildman–Crippen LogP) is 1.39. The Balaban J connectivity index is 2.88. The molecule has 0 aromatic rings. The lowest BCUT2D eigenvalue weighted by atomic mass is 10.1. The molecule has 3 N–H and O–H groups in total. The highest BCUT2D eigenvalue weighted by atomic mass is 79.9. The van der Waals surface area contributed by atoms with Crippen LogP contribution in [-0.4, -0.2) is 27.9 Å². The molecule has 0 aromatic carbocycles. The molecule has 0 saturated heterocycles. The van der Waals surface area contributed by atoms with Crippen molar-refractivity contribution in [1.82, 2.24) is 10.3 Å². The van der Waals surface area contributed by atoms with Crippen molar-refractivity contribution in [3.63, 3.8) is 0 Å². The second-order valence-corrected chi connectivity index (χ2v) is 5.67. The summed E-state index contributed by atoms with van der Waals surface area (Å²) in [6, 6.07) is 0. The maximum atomic E-state index is 11.8. The maximum Gasteiger partial charge on any atom is 0.429 e. The van der Waals surface area contributed by atoms with Gasteiger partial charge in [0, 0.05) is 6.20 Å². The van der Waals surface area contributed by atoms with Gasteiger partial charge in [0.15, 0.2) is 6.29 Å². The van der Waals surface area contributed by atoms with E-state index in [-0.39, 0.29) is 10.5 Å². The van der Waals surface area contributed by atoms with Crippen LogP contribution in [0.15, 0.2) is 23.5 Å². The minimum absolute atomic E-state index is 0.204. The monoisotopic (exact) mass is 317 g/mol. The largest absolute Gasteiger partial charge is 0.442 e. The minimum Gasteiger partial charge on any atom is -0.442 e. The first-order valence-corrected chi connectivity index (χ1v) is 6.21. The van der Waals surface area contributed by atoms with Crippen molar-refractivity contribution >= 4 is 28.3 Å². The SMILES string of the molecule is CC(C)(C)OC(=O)N(N)C1=CC(Br)NC=C1C=O. The zero-order chi connectivity index (χ0) is 13.9. The molecule has 0 aromatic heterocycles. The highest BCUT2D eigenvalue weighted by Crippen LogP contribution is 2.19. The highest BCUT2D eigenvalue weighted by molar-refractivity contribution is 9.09. The van der Waals surface area contributed by atoms with Crippen molar-refractivity contribution in [1.29, 1.82) is 0 Å². The number of allylic oxidation sites excluding steroid dienone is 1. The molecule has 0 spiro atoms. The van der Waals surface area contributed by atoms with Crippen LogP contribution in [0.5, 0.6) is 0 Å². The van der Waals surface area contributed by atoms with Crippen LogP contribution in [0.3, 0.4) is 0 Å². The van der Waals surface area contributed by atoms with Crippen LogP contribution in [0.1, 0.15) is 20.8 Å². The number of ether oxygens (including phenoxy) is 1. The van der Waals surface area contributed by atoms with Gasteiger partial charge in [0.2, 0.25) is 0 Å². The summed E-state index contributed by atoms with van der Waals surface area (Å²) in [6.07, 6.45) is 2.98. The third-order valence-corrected chi connectivity index (χ3v) is 2.50. The van der Waals surface area contributed by atoms with Gasteiger partial charge in [-0.15, -0.1) is 0 Å². The number of rotatable bonds is 2. The highest BCUT2D eigenvalue weighted by Gasteiger charge is 2.26. The number of alkyl halides is 1. The van der Waals surface area contributed by atoms with Crippen molar-refractivity contribution in [2.24, 2.45) is 5.84 Å². The Kier molecular flexibility index (Phi) is 4.53. The first kappa shape index (κ1) is 14.7. The van der Waals surface area contributed by atoms with E-state index < -0.39 is 11.7 Å². The third-order valence-electron chi connectivity index (χ3n) is 1.97. The lowest BCUT2D eigenvalue weighted by Gasteiger charge is -2.27. The number of hydrazine groups is 1. The molecule has 0 saturated carbocycles. The molecule has 18 heavy (non-hydrogen) atoms. The molecule has 0 bridgehead atoms. The molecule has 1 aliphatic rings. The zero-order valence-corrected chi connectivity index (χ0v) is 12.0. The molecule has 7 heteroatoms. The van der Waals surface area contributed by atoms with E-state index in [4.69, 9.17) is 10.6 Å². The summed E-state index contributed by atoms with van der Waals surface area (Å²) in [5.41, 5.74) is -0.0833. The van der Waals surface area contributed by atoms with Crippen LogP contribution >= 0.6 is 15.9 Å². The van der Waals surface area contributed by atoms with E-state index in [2.05, 4.69) is 21.2 Å². The third kappa shape index (κ3) is 3.85. The van der Waals surface area contributed by atoms with E-state index in [1.807, 2.05) is 0 Å². The van der Waals surface area contributed by atoms with Gasteiger partial charge in [-0.1, -0.05) is 15.9 Å². The van der Waals surface area contributed by atoms with Gasteiger partial charge < -0.3 is 10.1 Å². The van der Waals surface area contributed by atoms with Gasteiger partial charge in [-0.25, -0.2) is 15.6 Å². The summed E-state index contributed by atoms with van der Waals surface area (Å²) in [6.45, 7) is 5.21. The average molecular weight is 318 g/mol. The van der Waals surface area contributed by atoms with Crippen LogP contribution in [0, 0.1) is 0 Å². The Bertz CT molecular complexity index is 412. The van der Waals surface area contributed by atoms with E-state index in [0.29, 0.717) is 12.0 Å². The number of hydrogen-bond donors (Lipinski definition) is 2. The molecule has 0 aliphatic carbocycles.